The molecule has 0 saturated carbocycles. The zero-order valence-electron chi connectivity index (χ0n) is 13.8. The Kier molecular flexibility index (Phi) is 7.40. The largest absolute Gasteiger partial charge is 0.477 e. The summed E-state index contributed by atoms with van der Waals surface area (Å²) in [6.45, 7) is 4.93. The van der Waals surface area contributed by atoms with Gasteiger partial charge in [-0.1, -0.05) is 24.6 Å². The lowest BCUT2D eigenvalue weighted by Crippen LogP contribution is -2.30. The molecule has 0 aliphatic carbocycles. The van der Waals surface area contributed by atoms with E-state index in [-0.39, 0.29) is 11.2 Å². The molecule has 0 bridgehead atoms. The molecular weight excluding hydrogens is 344 g/mol. The van der Waals surface area contributed by atoms with Crippen molar-refractivity contribution < 1.29 is 9.53 Å². The van der Waals surface area contributed by atoms with E-state index in [0.29, 0.717) is 24.1 Å². The third-order valence-electron chi connectivity index (χ3n) is 3.24. The van der Waals surface area contributed by atoms with Gasteiger partial charge in [0.15, 0.2) is 0 Å². The summed E-state index contributed by atoms with van der Waals surface area (Å²) in [5.74, 6) is 0.554. The van der Waals surface area contributed by atoms with Crippen LogP contribution in [0.25, 0.3) is 0 Å². The molecule has 2 rings (SSSR count). The van der Waals surface area contributed by atoms with Crippen molar-refractivity contribution in [2.24, 2.45) is 0 Å². The van der Waals surface area contributed by atoms with E-state index in [0.717, 1.165) is 16.9 Å². The summed E-state index contributed by atoms with van der Waals surface area (Å²) in [6.07, 6.45) is 2.60. The molecule has 128 valence electrons. The number of nitrogens with zero attached hydrogens (tertiary/aromatic N) is 1. The van der Waals surface area contributed by atoms with Crippen LogP contribution in [0.3, 0.4) is 0 Å². The molecule has 0 aliphatic rings. The summed E-state index contributed by atoms with van der Waals surface area (Å²) in [5, 5.41) is 3.42. The van der Waals surface area contributed by atoms with Gasteiger partial charge in [0.05, 0.1) is 11.9 Å². The molecule has 0 fully saturated rings. The highest BCUT2D eigenvalue weighted by molar-refractivity contribution is 8.00. The molecule has 0 radical (unpaired) electrons. The van der Waals surface area contributed by atoms with E-state index in [1.165, 1.54) is 11.8 Å². The third kappa shape index (κ3) is 5.73. The fraction of sp³-hybridized carbons (Fsp3) is 0.333. The highest BCUT2D eigenvalue weighted by Gasteiger charge is 2.15. The Labute approximate surface area is 152 Å². The van der Waals surface area contributed by atoms with Crippen molar-refractivity contribution in [3.8, 4) is 5.88 Å². The predicted octanol–water partition coefficient (Wildman–Crippen LogP) is 4.32. The van der Waals surface area contributed by atoms with Crippen molar-refractivity contribution in [1.82, 2.24) is 10.3 Å². The van der Waals surface area contributed by atoms with E-state index in [1.54, 1.807) is 6.20 Å². The van der Waals surface area contributed by atoms with Crippen molar-refractivity contribution in [2.45, 2.75) is 37.0 Å². The van der Waals surface area contributed by atoms with Crippen LogP contribution < -0.4 is 10.1 Å². The smallest absolute Gasteiger partial charge is 0.233 e. The molecule has 0 spiro atoms. The average Bonchev–Trinajstić information content (AvgIpc) is 2.60. The van der Waals surface area contributed by atoms with Crippen LogP contribution in [-0.4, -0.2) is 22.7 Å². The molecule has 1 aromatic heterocycles. The zero-order valence-corrected chi connectivity index (χ0v) is 15.4. The number of hydrogen-bond acceptors (Lipinski definition) is 4. The first-order valence-electron chi connectivity index (χ1n) is 7.86. The lowest BCUT2D eigenvalue weighted by Gasteiger charge is -2.14. The van der Waals surface area contributed by atoms with Crippen LogP contribution in [0.2, 0.25) is 5.02 Å². The number of rotatable bonds is 8. The van der Waals surface area contributed by atoms with Crippen LogP contribution in [0, 0.1) is 0 Å². The normalized spacial score (nSPS) is 11.8. The van der Waals surface area contributed by atoms with E-state index in [9.17, 15) is 4.79 Å². The number of carbonyl (C=O) groups is 1. The van der Waals surface area contributed by atoms with Gasteiger partial charge in [0.25, 0.3) is 0 Å². The lowest BCUT2D eigenvalue weighted by atomic mass is 10.2. The van der Waals surface area contributed by atoms with Gasteiger partial charge < -0.3 is 10.1 Å². The van der Waals surface area contributed by atoms with E-state index in [2.05, 4.69) is 10.3 Å². The molecule has 2 aromatic rings. The number of halogens is 1. The zero-order chi connectivity index (χ0) is 17.4. The van der Waals surface area contributed by atoms with Crippen molar-refractivity contribution in [2.75, 3.05) is 6.61 Å². The van der Waals surface area contributed by atoms with Crippen molar-refractivity contribution in [1.29, 1.82) is 0 Å². The minimum Gasteiger partial charge on any atom is -0.477 e. The summed E-state index contributed by atoms with van der Waals surface area (Å²) in [7, 11) is 0. The van der Waals surface area contributed by atoms with Crippen LogP contribution >= 0.6 is 23.4 Å². The molecule has 6 heteroatoms. The minimum atomic E-state index is -0.206. The third-order valence-corrected chi connectivity index (χ3v) is 4.61. The van der Waals surface area contributed by atoms with E-state index < -0.39 is 0 Å². The second kappa shape index (κ2) is 9.55. The molecule has 0 saturated heterocycles. The monoisotopic (exact) mass is 364 g/mol. The van der Waals surface area contributed by atoms with Crippen LogP contribution in [0.5, 0.6) is 5.88 Å². The van der Waals surface area contributed by atoms with Gasteiger partial charge in [-0.2, -0.15) is 0 Å². The number of hydrogen-bond donors (Lipinski definition) is 1. The van der Waals surface area contributed by atoms with Gasteiger partial charge in [-0.05, 0) is 43.7 Å². The molecule has 24 heavy (non-hydrogen) atoms. The number of pyridine rings is 1. The number of carbonyl (C=O) groups excluding carboxylic acids is 1. The Morgan fingerprint density at radius 2 is 2.08 bits per heavy atom. The number of thioether (sulfide) groups is 1. The minimum absolute atomic E-state index is 0.0276. The molecule has 1 heterocycles. The second-order valence-electron chi connectivity index (χ2n) is 5.25. The summed E-state index contributed by atoms with van der Waals surface area (Å²) >= 11 is 7.37. The molecule has 1 unspecified atom stereocenters. The molecule has 1 amide bonds. The first kappa shape index (κ1) is 18.6. The molecular formula is C18H21ClN2O2S. The van der Waals surface area contributed by atoms with E-state index >= 15 is 0 Å². The van der Waals surface area contributed by atoms with Gasteiger partial charge in [0.1, 0.15) is 0 Å². The summed E-state index contributed by atoms with van der Waals surface area (Å²) in [6, 6.07) is 11.2. The highest BCUT2D eigenvalue weighted by Crippen LogP contribution is 2.25. The second-order valence-corrected chi connectivity index (χ2v) is 7.10. The van der Waals surface area contributed by atoms with E-state index in [4.69, 9.17) is 16.3 Å². The molecule has 1 aromatic carbocycles. The maximum Gasteiger partial charge on any atom is 0.233 e. The molecule has 4 nitrogen and oxygen atoms in total. The van der Waals surface area contributed by atoms with Crippen LogP contribution in [0.1, 0.15) is 25.8 Å². The van der Waals surface area contributed by atoms with Crippen molar-refractivity contribution >= 4 is 29.3 Å². The summed E-state index contributed by atoms with van der Waals surface area (Å²) in [4.78, 5) is 17.5. The molecule has 1 atom stereocenters. The lowest BCUT2D eigenvalue weighted by molar-refractivity contribution is -0.120. The first-order valence-corrected chi connectivity index (χ1v) is 9.12. The summed E-state index contributed by atoms with van der Waals surface area (Å²) < 4.78 is 5.61. The Morgan fingerprint density at radius 3 is 2.79 bits per heavy atom. The fourth-order valence-corrected chi connectivity index (χ4v) is 3.00. The van der Waals surface area contributed by atoms with Crippen LogP contribution in [-0.2, 0) is 11.3 Å². The van der Waals surface area contributed by atoms with Gasteiger partial charge in [-0.25, -0.2) is 4.98 Å². The number of nitrogens with one attached hydrogen (secondary N) is 1. The van der Waals surface area contributed by atoms with Gasteiger partial charge in [-0.3, -0.25) is 4.79 Å². The molecule has 1 N–H and O–H groups in total. The van der Waals surface area contributed by atoms with Gasteiger partial charge >= 0.3 is 0 Å². The van der Waals surface area contributed by atoms with Gasteiger partial charge in [0.2, 0.25) is 11.8 Å². The van der Waals surface area contributed by atoms with E-state index in [1.807, 2.05) is 50.2 Å². The van der Waals surface area contributed by atoms with Crippen LogP contribution in [0.15, 0.2) is 47.5 Å². The van der Waals surface area contributed by atoms with Crippen molar-refractivity contribution in [3.05, 3.63) is 53.2 Å². The fourth-order valence-electron chi connectivity index (χ4n) is 1.98. The van der Waals surface area contributed by atoms with Crippen LogP contribution in [0.4, 0.5) is 0 Å². The molecule has 0 aliphatic heterocycles. The van der Waals surface area contributed by atoms with Gasteiger partial charge in [0, 0.05) is 28.2 Å². The topological polar surface area (TPSA) is 51.2 Å². The van der Waals surface area contributed by atoms with Gasteiger partial charge in [-0.15, -0.1) is 11.8 Å². The highest BCUT2D eigenvalue weighted by atomic mass is 35.5. The quantitative estimate of drug-likeness (QED) is 0.709. The maximum absolute atomic E-state index is 12.3. The Bertz CT molecular complexity index is 664. The Balaban J connectivity index is 1.89. The standard InChI is InChI=1S/C18H21ClN2O2S/c1-3-11-23-18-14(5-4-10-20-18)12-21-17(22)13(2)24-16-8-6-15(19)7-9-16/h4-10,13H,3,11-12H2,1-2H3,(H,21,22). The number of benzene rings is 1. The number of amides is 1. The Hall–Kier alpha value is -1.72. The average molecular weight is 365 g/mol. The Morgan fingerprint density at radius 1 is 1.33 bits per heavy atom. The number of aromatic nitrogens is 1. The SMILES string of the molecule is CCCOc1ncccc1CNC(=O)C(C)Sc1ccc(Cl)cc1. The number of ether oxygens (including phenoxy) is 1. The maximum atomic E-state index is 12.3. The summed E-state index contributed by atoms with van der Waals surface area (Å²) in [5.41, 5.74) is 0.878. The first-order chi connectivity index (χ1) is 11.6. The predicted molar refractivity (Wildman–Crippen MR) is 98.6 cm³/mol. The van der Waals surface area contributed by atoms with Crippen molar-refractivity contribution in [3.63, 3.8) is 0 Å².